The highest BCUT2D eigenvalue weighted by Crippen LogP contribution is 2.23. The largest absolute Gasteiger partial charge is 0.363 e. The van der Waals surface area contributed by atoms with Crippen LogP contribution in [-0.2, 0) is 6.54 Å². The van der Waals surface area contributed by atoms with Gasteiger partial charge in [-0.1, -0.05) is 18.2 Å². The fourth-order valence-electron chi connectivity index (χ4n) is 2.11. The normalized spacial score (nSPS) is 10.4. The van der Waals surface area contributed by atoms with Crippen molar-refractivity contribution in [2.45, 2.75) is 13.5 Å². The van der Waals surface area contributed by atoms with Crippen LogP contribution in [0.1, 0.15) is 11.1 Å². The highest BCUT2D eigenvalue weighted by Gasteiger charge is 2.07. The molecule has 0 aliphatic heterocycles. The number of nitrogens with one attached hydrogen (secondary N) is 2. The molecule has 0 aliphatic rings. The molecule has 3 aromatic rings. The number of anilines is 1. The number of rotatable bonds is 5. The Hall–Kier alpha value is -2.74. The maximum absolute atomic E-state index is 7.15. The summed E-state index contributed by atoms with van der Waals surface area (Å²) in [6.07, 6.45) is 5.10. The lowest BCUT2D eigenvalue weighted by molar-refractivity contribution is 1.02. The average molecular weight is 384 g/mol. The standard InChI is InChI=1S/C16H14BrN7/c1-10-6-19-14(20-7-10)12-4-2-3-11(5-12)8-21-15-16(24-18)22-9-13(17)23-15/h2-7,9,18H,8H2,1H3,(H,21,23). The number of hydrogen-bond donors (Lipinski definition) is 2. The second kappa shape index (κ2) is 7.22. The molecule has 0 unspecified atom stereocenters. The van der Waals surface area contributed by atoms with Crippen LogP contribution in [0, 0.1) is 12.5 Å². The molecule has 0 fully saturated rings. The lowest BCUT2D eigenvalue weighted by Crippen LogP contribution is -2.03. The summed E-state index contributed by atoms with van der Waals surface area (Å²) in [5, 5.41) is 6.52. The summed E-state index contributed by atoms with van der Waals surface area (Å²) < 4.78 is 0.583. The van der Waals surface area contributed by atoms with Crippen molar-refractivity contribution < 1.29 is 0 Å². The van der Waals surface area contributed by atoms with E-state index in [1.165, 1.54) is 6.20 Å². The first kappa shape index (κ1) is 16.1. The van der Waals surface area contributed by atoms with Crippen molar-refractivity contribution >= 4 is 27.6 Å². The third-order valence-electron chi connectivity index (χ3n) is 3.26. The SMILES string of the molecule is Cc1cnc(-c2cccc(CNc3nc(Br)cnc3N=N)c2)nc1. The van der Waals surface area contributed by atoms with E-state index in [1.807, 2.05) is 31.2 Å². The monoisotopic (exact) mass is 383 g/mol. The molecule has 120 valence electrons. The molecule has 24 heavy (non-hydrogen) atoms. The van der Waals surface area contributed by atoms with Gasteiger partial charge in [-0.15, -0.1) is 5.11 Å². The lowest BCUT2D eigenvalue weighted by atomic mass is 10.1. The van der Waals surface area contributed by atoms with Gasteiger partial charge in [-0.3, -0.25) is 0 Å². The van der Waals surface area contributed by atoms with Gasteiger partial charge in [-0.05, 0) is 40.0 Å². The van der Waals surface area contributed by atoms with Crippen LogP contribution in [0.15, 0.2) is 52.6 Å². The Morgan fingerprint density at radius 3 is 2.71 bits per heavy atom. The molecule has 0 spiro atoms. The number of hydrogen-bond acceptors (Lipinski definition) is 7. The van der Waals surface area contributed by atoms with Gasteiger partial charge in [0.25, 0.3) is 0 Å². The highest BCUT2D eigenvalue weighted by atomic mass is 79.9. The van der Waals surface area contributed by atoms with Gasteiger partial charge in [0.1, 0.15) is 4.60 Å². The van der Waals surface area contributed by atoms with Crippen molar-refractivity contribution in [1.82, 2.24) is 19.9 Å². The van der Waals surface area contributed by atoms with Crippen LogP contribution >= 0.6 is 15.9 Å². The molecule has 7 nitrogen and oxygen atoms in total. The highest BCUT2D eigenvalue weighted by molar-refractivity contribution is 9.10. The summed E-state index contributed by atoms with van der Waals surface area (Å²) in [5.74, 6) is 1.39. The zero-order valence-electron chi connectivity index (χ0n) is 12.9. The second-order valence-corrected chi connectivity index (χ2v) is 5.93. The first-order valence-corrected chi connectivity index (χ1v) is 7.97. The van der Waals surface area contributed by atoms with Gasteiger partial charge in [0.15, 0.2) is 11.6 Å². The minimum absolute atomic E-state index is 0.247. The zero-order chi connectivity index (χ0) is 16.9. The quantitative estimate of drug-likeness (QED) is 0.640. The summed E-state index contributed by atoms with van der Waals surface area (Å²) in [6.45, 7) is 2.48. The number of halogens is 1. The molecule has 2 aromatic heterocycles. The summed E-state index contributed by atoms with van der Waals surface area (Å²) in [4.78, 5) is 17.0. The van der Waals surface area contributed by atoms with E-state index in [9.17, 15) is 0 Å². The maximum atomic E-state index is 7.15. The summed E-state index contributed by atoms with van der Waals surface area (Å²) >= 11 is 3.27. The van der Waals surface area contributed by atoms with E-state index < -0.39 is 0 Å². The number of nitrogens with zero attached hydrogens (tertiary/aromatic N) is 5. The van der Waals surface area contributed by atoms with Crippen molar-refractivity contribution in [2.75, 3.05) is 5.32 Å². The van der Waals surface area contributed by atoms with Crippen molar-refractivity contribution in [1.29, 1.82) is 5.53 Å². The van der Waals surface area contributed by atoms with Crippen molar-refractivity contribution in [3.8, 4) is 11.4 Å². The van der Waals surface area contributed by atoms with Crippen LogP contribution in [0.4, 0.5) is 11.6 Å². The second-order valence-electron chi connectivity index (χ2n) is 5.11. The Morgan fingerprint density at radius 1 is 1.17 bits per heavy atom. The van der Waals surface area contributed by atoms with Crippen LogP contribution in [0.2, 0.25) is 0 Å². The molecule has 8 heteroatoms. The Kier molecular flexibility index (Phi) is 4.85. The summed E-state index contributed by atoms with van der Waals surface area (Å²) in [7, 11) is 0. The lowest BCUT2D eigenvalue weighted by Gasteiger charge is -2.08. The summed E-state index contributed by atoms with van der Waals surface area (Å²) in [6, 6.07) is 7.93. The smallest absolute Gasteiger partial charge is 0.216 e. The third-order valence-corrected chi connectivity index (χ3v) is 3.64. The molecule has 0 radical (unpaired) electrons. The molecule has 0 bridgehead atoms. The van der Waals surface area contributed by atoms with Crippen LogP contribution in [0.25, 0.3) is 11.4 Å². The molecule has 2 N–H and O–H groups in total. The molecular formula is C16H14BrN7. The van der Waals surface area contributed by atoms with Crippen molar-refractivity contribution in [3.05, 3.63) is 58.6 Å². The molecule has 1 aromatic carbocycles. The van der Waals surface area contributed by atoms with Gasteiger partial charge in [-0.25, -0.2) is 25.5 Å². The van der Waals surface area contributed by atoms with E-state index >= 15 is 0 Å². The van der Waals surface area contributed by atoms with E-state index in [0.717, 1.165) is 16.7 Å². The van der Waals surface area contributed by atoms with Crippen molar-refractivity contribution in [2.24, 2.45) is 5.11 Å². The maximum Gasteiger partial charge on any atom is 0.216 e. The molecule has 0 amide bonds. The topological polar surface area (TPSA) is 99.8 Å². The number of benzene rings is 1. The van der Waals surface area contributed by atoms with Crippen molar-refractivity contribution in [3.63, 3.8) is 0 Å². The van der Waals surface area contributed by atoms with Crippen LogP contribution in [0.3, 0.4) is 0 Å². The Balaban J connectivity index is 1.79. The molecule has 0 aliphatic carbocycles. The number of aromatic nitrogens is 4. The van der Waals surface area contributed by atoms with E-state index in [2.05, 4.69) is 46.3 Å². The average Bonchev–Trinajstić information content (AvgIpc) is 2.61. The van der Waals surface area contributed by atoms with Gasteiger partial charge in [-0.2, -0.15) is 0 Å². The minimum atomic E-state index is 0.247. The third kappa shape index (κ3) is 3.77. The van der Waals surface area contributed by atoms with Gasteiger partial charge >= 0.3 is 0 Å². The first-order chi connectivity index (χ1) is 11.7. The van der Waals surface area contributed by atoms with Crippen LogP contribution in [-0.4, -0.2) is 19.9 Å². The minimum Gasteiger partial charge on any atom is -0.363 e. The Labute approximate surface area is 147 Å². The fourth-order valence-corrected chi connectivity index (χ4v) is 2.39. The van der Waals surface area contributed by atoms with Gasteiger partial charge in [0, 0.05) is 24.5 Å². The van der Waals surface area contributed by atoms with Gasteiger partial charge in [0.2, 0.25) is 5.82 Å². The molecule has 0 saturated heterocycles. The van der Waals surface area contributed by atoms with Crippen LogP contribution < -0.4 is 5.32 Å². The molecular weight excluding hydrogens is 370 g/mol. The van der Waals surface area contributed by atoms with E-state index in [1.54, 1.807) is 12.4 Å². The molecule has 3 rings (SSSR count). The molecule has 0 saturated carbocycles. The predicted octanol–water partition coefficient (Wildman–Crippen LogP) is 4.28. The molecule has 2 heterocycles. The first-order valence-electron chi connectivity index (χ1n) is 7.17. The van der Waals surface area contributed by atoms with Crippen LogP contribution in [0.5, 0.6) is 0 Å². The fraction of sp³-hybridized carbons (Fsp3) is 0.125. The Morgan fingerprint density at radius 2 is 1.96 bits per heavy atom. The van der Waals surface area contributed by atoms with Gasteiger partial charge < -0.3 is 5.32 Å². The van der Waals surface area contributed by atoms with Gasteiger partial charge in [0.05, 0.1) is 6.20 Å². The zero-order valence-corrected chi connectivity index (χ0v) is 14.4. The van der Waals surface area contributed by atoms with E-state index in [0.29, 0.717) is 22.8 Å². The van der Waals surface area contributed by atoms with E-state index in [-0.39, 0.29) is 5.82 Å². The summed E-state index contributed by atoms with van der Waals surface area (Å²) in [5.41, 5.74) is 10.2. The Bertz CT molecular complexity index is 865. The molecule has 0 atom stereocenters. The number of aryl methyl sites for hydroxylation is 1. The predicted molar refractivity (Wildman–Crippen MR) is 94.1 cm³/mol. The van der Waals surface area contributed by atoms with E-state index in [4.69, 9.17) is 5.53 Å².